The van der Waals surface area contributed by atoms with Gasteiger partial charge in [0.1, 0.15) is 9.52 Å². The highest BCUT2D eigenvalue weighted by Crippen LogP contribution is 2.25. The van der Waals surface area contributed by atoms with Crippen LogP contribution in [-0.2, 0) is 0 Å². The zero-order valence-electron chi connectivity index (χ0n) is 10.5. The first-order valence-electron chi connectivity index (χ1n) is 6.34. The number of aromatic nitrogens is 2. The molecular formula is C12H17IN4O. The van der Waals surface area contributed by atoms with Crippen molar-refractivity contribution in [3.63, 3.8) is 0 Å². The third-order valence-corrected chi connectivity index (χ3v) is 4.31. The summed E-state index contributed by atoms with van der Waals surface area (Å²) < 4.78 is 6.08. The molecule has 0 N–H and O–H groups in total. The first-order valence-corrected chi connectivity index (χ1v) is 7.42. The number of fused-ring (bicyclic) bond motifs is 1. The Hall–Kier alpha value is -0.630. The van der Waals surface area contributed by atoms with Crippen LogP contribution >= 0.6 is 22.6 Å². The van der Waals surface area contributed by atoms with E-state index in [1.165, 1.54) is 19.4 Å². The largest absolute Gasteiger partial charge is 0.467 e. The topological polar surface area (TPSA) is 41.5 Å². The van der Waals surface area contributed by atoms with Crippen LogP contribution in [0.1, 0.15) is 12.8 Å². The number of methoxy groups -OCH3 is 1. The van der Waals surface area contributed by atoms with Gasteiger partial charge in [-0.15, -0.1) is 0 Å². The molecular weight excluding hydrogens is 343 g/mol. The predicted molar refractivity (Wildman–Crippen MR) is 78.1 cm³/mol. The van der Waals surface area contributed by atoms with Gasteiger partial charge in [-0.3, -0.25) is 4.90 Å². The van der Waals surface area contributed by atoms with Crippen LogP contribution in [0.4, 0.5) is 5.82 Å². The molecule has 2 aliphatic rings. The maximum absolute atomic E-state index is 5.15. The zero-order valence-corrected chi connectivity index (χ0v) is 12.6. The average Bonchev–Trinajstić information content (AvgIpc) is 2.85. The van der Waals surface area contributed by atoms with Crippen molar-refractivity contribution in [3.05, 3.63) is 9.77 Å². The lowest BCUT2D eigenvalue weighted by atomic mass is 10.1. The summed E-state index contributed by atoms with van der Waals surface area (Å²) in [5.41, 5.74) is 0. The van der Waals surface area contributed by atoms with Crippen molar-refractivity contribution in [2.75, 3.05) is 38.2 Å². The van der Waals surface area contributed by atoms with Crippen molar-refractivity contribution in [1.29, 1.82) is 0 Å². The van der Waals surface area contributed by atoms with E-state index in [4.69, 9.17) is 4.74 Å². The number of ether oxygens (including phenoxy) is 1. The number of hydrogen-bond donors (Lipinski definition) is 0. The second-order valence-electron chi connectivity index (χ2n) is 4.81. The van der Waals surface area contributed by atoms with E-state index in [0.29, 0.717) is 12.1 Å². The molecule has 0 bridgehead atoms. The summed E-state index contributed by atoms with van der Waals surface area (Å²) >= 11 is 2.21. The zero-order chi connectivity index (χ0) is 12.5. The van der Waals surface area contributed by atoms with Gasteiger partial charge in [-0.25, -0.2) is 0 Å². The van der Waals surface area contributed by atoms with E-state index in [-0.39, 0.29) is 0 Å². The molecule has 0 radical (unpaired) electrons. The molecule has 0 aromatic carbocycles. The second-order valence-corrected chi connectivity index (χ2v) is 5.92. The SMILES string of the molecule is COc1nc(I)cc(N2CCN3CCC[C@H]3C2)n1. The molecule has 0 aliphatic carbocycles. The second kappa shape index (κ2) is 5.16. The minimum Gasteiger partial charge on any atom is -0.467 e. The molecule has 0 unspecified atom stereocenters. The fourth-order valence-electron chi connectivity index (χ4n) is 2.84. The molecule has 1 atom stereocenters. The number of piperazine rings is 1. The van der Waals surface area contributed by atoms with Crippen LogP contribution in [0.15, 0.2) is 6.07 Å². The Morgan fingerprint density at radius 3 is 3.06 bits per heavy atom. The van der Waals surface area contributed by atoms with Crippen molar-refractivity contribution in [2.24, 2.45) is 0 Å². The first kappa shape index (κ1) is 12.4. The summed E-state index contributed by atoms with van der Waals surface area (Å²) in [6.07, 6.45) is 2.65. The maximum Gasteiger partial charge on any atom is 0.319 e. The highest BCUT2D eigenvalue weighted by Gasteiger charge is 2.31. The Kier molecular flexibility index (Phi) is 3.56. The van der Waals surface area contributed by atoms with Gasteiger partial charge in [-0.2, -0.15) is 9.97 Å². The summed E-state index contributed by atoms with van der Waals surface area (Å²) in [5.74, 6) is 0.998. The molecule has 5 nitrogen and oxygen atoms in total. The van der Waals surface area contributed by atoms with E-state index >= 15 is 0 Å². The van der Waals surface area contributed by atoms with E-state index < -0.39 is 0 Å². The molecule has 98 valence electrons. The molecule has 3 rings (SSSR count). The number of halogens is 1. The average molecular weight is 360 g/mol. The summed E-state index contributed by atoms with van der Waals surface area (Å²) in [6.45, 7) is 4.54. The minimum atomic E-state index is 0.464. The van der Waals surface area contributed by atoms with Gasteiger partial charge >= 0.3 is 6.01 Å². The van der Waals surface area contributed by atoms with Crippen LogP contribution in [-0.4, -0.2) is 54.2 Å². The summed E-state index contributed by atoms with van der Waals surface area (Å²) in [6, 6.07) is 3.20. The van der Waals surface area contributed by atoms with E-state index in [2.05, 4.69) is 42.4 Å². The minimum absolute atomic E-state index is 0.464. The number of rotatable bonds is 2. The summed E-state index contributed by atoms with van der Waals surface area (Å²) in [7, 11) is 1.62. The maximum atomic E-state index is 5.15. The third-order valence-electron chi connectivity index (χ3n) is 3.75. The van der Waals surface area contributed by atoms with Crippen molar-refractivity contribution in [3.8, 4) is 6.01 Å². The highest BCUT2D eigenvalue weighted by atomic mass is 127. The number of hydrogen-bond acceptors (Lipinski definition) is 5. The molecule has 2 saturated heterocycles. The first-order chi connectivity index (χ1) is 8.76. The normalized spacial score (nSPS) is 24.1. The van der Waals surface area contributed by atoms with Gasteiger partial charge in [-0.05, 0) is 42.0 Å². The van der Waals surface area contributed by atoms with Crippen LogP contribution in [0.3, 0.4) is 0 Å². The highest BCUT2D eigenvalue weighted by molar-refractivity contribution is 14.1. The summed E-state index contributed by atoms with van der Waals surface area (Å²) in [5, 5.41) is 0. The molecule has 2 fully saturated rings. The monoisotopic (exact) mass is 360 g/mol. The molecule has 0 spiro atoms. The van der Waals surface area contributed by atoms with Gasteiger partial charge in [0.2, 0.25) is 0 Å². The van der Waals surface area contributed by atoms with Crippen LogP contribution < -0.4 is 9.64 Å². The number of nitrogens with zero attached hydrogens (tertiary/aromatic N) is 4. The molecule has 0 amide bonds. The Balaban J connectivity index is 1.80. The fourth-order valence-corrected chi connectivity index (χ4v) is 3.32. The van der Waals surface area contributed by atoms with Gasteiger partial charge in [-0.1, -0.05) is 0 Å². The molecule has 1 aromatic heterocycles. The van der Waals surface area contributed by atoms with Crippen molar-refractivity contribution >= 4 is 28.4 Å². The summed E-state index contributed by atoms with van der Waals surface area (Å²) in [4.78, 5) is 13.6. The fraction of sp³-hybridized carbons (Fsp3) is 0.667. The van der Waals surface area contributed by atoms with Gasteiger partial charge < -0.3 is 9.64 Å². The van der Waals surface area contributed by atoms with E-state index in [9.17, 15) is 0 Å². The van der Waals surface area contributed by atoms with Gasteiger partial charge in [0, 0.05) is 31.7 Å². The quantitative estimate of drug-likeness (QED) is 0.589. The van der Waals surface area contributed by atoms with Crippen LogP contribution in [0.2, 0.25) is 0 Å². The van der Waals surface area contributed by atoms with Gasteiger partial charge in [0.15, 0.2) is 0 Å². The molecule has 0 saturated carbocycles. The Labute approximate surface area is 121 Å². The van der Waals surface area contributed by atoms with Crippen LogP contribution in [0.25, 0.3) is 0 Å². The standard InChI is InChI=1S/C12H17IN4O/c1-18-12-14-10(13)7-11(15-12)17-6-5-16-4-2-3-9(16)8-17/h7,9H,2-6,8H2,1H3/t9-/m0/s1. The smallest absolute Gasteiger partial charge is 0.319 e. The molecule has 6 heteroatoms. The number of anilines is 1. The van der Waals surface area contributed by atoms with Gasteiger partial charge in [0.25, 0.3) is 0 Å². The molecule has 3 heterocycles. The molecule has 18 heavy (non-hydrogen) atoms. The predicted octanol–water partition coefficient (Wildman–Crippen LogP) is 1.37. The Morgan fingerprint density at radius 1 is 1.33 bits per heavy atom. The molecule has 1 aromatic rings. The lowest BCUT2D eigenvalue weighted by Crippen LogP contribution is -2.50. The molecule has 2 aliphatic heterocycles. The third kappa shape index (κ3) is 2.40. The van der Waals surface area contributed by atoms with Crippen LogP contribution in [0.5, 0.6) is 6.01 Å². The lowest BCUT2D eigenvalue weighted by Gasteiger charge is -2.38. The van der Waals surface area contributed by atoms with E-state index in [0.717, 1.165) is 29.2 Å². The van der Waals surface area contributed by atoms with Crippen molar-refractivity contribution in [1.82, 2.24) is 14.9 Å². The van der Waals surface area contributed by atoms with Crippen LogP contribution in [0, 0.1) is 3.70 Å². The lowest BCUT2D eigenvalue weighted by molar-refractivity contribution is 0.230. The van der Waals surface area contributed by atoms with Gasteiger partial charge in [0.05, 0.1) is 7.11 Å². The Morgan fingerprint density at radius 2 is 2.22 bits per heavy atom. The van der Waals surface area contributed by atoms with Crippen molar-refractivity contribution in [2.45, 2.75) is 18.9 Å². The van der Waals surface area contributed by atoms with E-state index in [1.54, 1.807) is 7.11 Å². The Bertz CT molecular complexity index is 442. The van der Waals surface area contributed by atoms with Crippen molar-refractivity contribution < 1.29 is 4.74 Å². The van der Waals surface area contributed by atoms with E-state index in [1.807, 2.05) is 6.07 Å².